The number of hydrogen-bond acceptors (Lipinski definition) is 5. The molecule has 0 atom stereocenters. The third-order valence-corrected chi connectivity index (χ3v) is 7.91. The predicted octanol–water partition coefficient (Wildman–Crippen LogP) is 6.61. The maximum absolute atomic E-state index is 13.5. The van der Waals surface area contributed by atoms with E-state index in [0.717, 1.165) is 84.2 Å². The lowest BCUT2D eigenvalue weighted by atomic mass is 9.93. The standard InChI is InChI=1S/C32H32N4O3/c1-2-3-11-28-34-32(18-7-8-19-32)30(37)36(28)21-22-12-14-24(15-13-22)27-20-25(23-9-5-4-6-10-23)16-17-26(27)29-33-31(38)39-35-29/h4-6,9-10,12-17,20H,2-3,7-8,11,18-19,21H2,1H3,(H,33,35,38). The number of carbonyl (C=O) groups excluding carboxylic acids is 1. The molecule has 1 amide bonds. The minimum atomic E-state index is -0.589. The molecule has 7 nitrogen and oxygen atoms in total. The second-order valence-electron chi connectivity index (χ2n) is 10.5. The SMILES string of the molecule is CCCCC1=NC2(CCCC2)C(=O)N1Cc1ccc(-c2cc(-c3ccccc3)ccc2-c2noc(=O)[nH]2)cc1. The largest absolute Gasteiger partial charge is 0.439 e. The molecule has 0 unspecified atom stereocenters. The number of nitrogens with zero attached hydrogens (tertiary/aromatic N) is 3. The fraction of sp³-hybridized carbons (Fsp3) is 0.312. The van der Waals surface area contributed by atoms with Crippen molar-refractivity contribution in [2.75, 3.05) is 0 Å². The topological polar surface area (TPSA) is 91.6 Å². The maximum atomic E-state index is 13.5. The van der Waals surface area contributed by atoms with E-state index in [9.17, 15) is 9.59 Å². The van der Waals surface area contributed by atoms with E-state index in [2.05, 4.69) is 59.5 Å². The lowest BCUT2D eigenvalue weighted by Gasteiger charge is -2.23. The van der Waals surface area contributed by atoms with Gasteiger partial charge in [-0.3, -0.25) is 24.2 Å². The van der Waals surface area contributed by atoms with Gasteiger partial charge in [-0.25, -0.2) is 4.79 Å². The summed E-state index contributed by atoms with van der Waals surface area (Å²) in [5.41, 5.74) is 5.38. The van der Waals surface area contributed by atoms with Crippen molar-refractivity contribution in [3.63, 3.8) is 0 Å². The van der Waals surface area contributed by atoms with E-state index >= 15 is 0 Å². The molecule has 39 heavy (non-hydrogen) atoms. The highest BCUT2D eigenvalue weighted by Crippen LogP contribution is 2.40. The van der Waals surface area contributed by atoms with Gasteiger partial charge in [-0.2, -0.15) is 0 Å². The van der Waals surface area contributed by atoms with E-state index in [1.54, 1.807) is 0 Å². The summed E-state index contributed by atoms with van der Waals surface area (Å²) >= 11 is 0. The minimum Gasteiger partial charge on any atom is -0.296 e. The molecule has 0 saturated heterocycles. The third kappa shape index (κ3) is 4.85. The summed E-state index contributed by atoms with van der Waals surface area (Å²) in [4.78, 5) is 34.9. The highest BCUT2D eigenvalue weighted by molar-refractivity contribution is 6.08. The summed E-state index contributed by atoms with van der Waals surface area (Å²) in [6.07, 6.45) is 6.81. The van der Waals surface area contributed by atoms with Crippen molar-refractivity contribution in [2.45, 2.75) is 64.0 Å². The average Bonchev–Trinajstić information content (AvgIpc) is 3.69. The average molecular weight is 521 g/mol. The number of hydrogen-bond donors (Lipinski definition) is 1. The molecule has 1 aromatic heterocycles. The zero-order valence-corrected chi connectivity index (χ0v) is 22.2. The molecular weight excluding hydrogens is 488 g/mol. The molecule has 1 fully saturated rings. The van der Waals surface area contributed by atoms with Crippen molar-refractivity contribution in [3.8, 4) is 33.6 Å². The number of benzene rings is 3. The second-order valence-corrected chi connectivity index (χ2v) is 10.5. The first-order chi connectivity index (χ1) is 19.1. The van der Waals surface area contributed by atoms with Gasteiger partial charge in [0.05, 0.1) is 6.54 Å². The molecule has 0 bridgehead atoms. The first-order valence-corrected chi connectivity index (χ1v) is 13.8. The molecule has 3 aromatic carbocycles. The number of carbonyl (C=O) groups is 1. The van der Waals surface area contributed by atoms with Gasteiger partial charge in [0.2, 0.25) is 0 Å². The number of aromatic nitrogens is 2. The van der Waals surface area contributed by atoms with Crippen molar-refractivity contribution in [3.05, 3.63) is 88.9 Å². The Kier molecular flexibility index (Phi) is 6.73. The molecule has 1 N–H and O–H groups in total. The van der Waals surface area contributed by atoms with Crippen molar-refractivity contribution in [2.24, 2.45) is 4.99 Å². The number of aromatic amines is 1. The van der Waals surface area contributed by atoms with Gasteiger partial charge in [0.1, 0.15) is 11.4 Å². The van der Waals surface area contributed by atoms with Gasteiger partial charge in [-0.1, -0.05) is 92.0 Å². The minimum absolute atomic E-state index is 0.169. The monoisotopic (exact) mass is 520 g/mol. The van der Waals surface area contributed by atoms with Crippen LogP contribution in [-0.4, -0.2) is 32.3 Å². The number of H-pyrrole nitrogens is 1. The van der Waals surface area contributed by atoms with E-state index in [1.165, 1.54) is 0 Å². The van der Waals surface area contributed by atoms with Crippen LogP contribution in [0.15, 0.2) is 87.1 Å². The Morgan fingerprint density at radius 3 is 2.33 bits per heavy atom. The second kappa shape index (κ2) is 10.5. The maximum Gasteiger partial charge on any atom is 0.439 e. The third-order valence-electron chi connectivity index (χ3n) is 7.91. The van der Waals surface area contributed by atoms with Gasteiger partial charge in [0.25, 0.3) is 5.91 Å². The first-order valence-electron chi connectivity index (χ1n) is 13.8. The number of amidine groups is 1. The zero-order chi connectivity index (χ0) is 26.8. The van der Waals surface area contributed by atoms with Crippen LogP contribution in [0.25, 0.3) is 33.6 Å². The summed E-state index contributed by atoms with van der Waals surface area (Å²) in [6.45, 7) is 2.69. The van der Waals surface area contributed by atoms with Crippen LogP contribution in [0.1, 0.15) is 57.4 Å². The molecule has 7 heteroatoms. The van der Waals surface area contributed by atoms with Crippen LogP contribution >= 0.6 is 0 Å². The summed E-state index contributed by atoms with van der Waals surface area (Å²) in [5, 5.41) is 3.94. The number of amides is 1. The Bertz CT molecular complexity index is 1560. The molecular formula is C32H32N4O3. The summed E-state index contributed by atoms with van der Waals surface area (Å²) < 4.78 is 4.80. The van der Waals surface area contributed by atoms with Crippen molar-refractivity contribution >= 4 is 11.7 Å². The molecule has 4 aromatic rings. The summed E-state index contributed by atoms with van der Waals surface area (Å²) in [7, 11) is 0. The van der Waals surface area contributed by atoms with Crippen LogP contribution < -0.4 is 5.76 Å². The molecule has 198 valence electrons. The highest BCUT2D eigenvalue weighted by atomic mass is 16.5. The van der Waals surface area contributed by atoms with Gasteiger partial charge >= 0.3 is 5.76 Å². The molecule has 0 radical (unpaired) electrons. The Labute approximate surface area is 227 Å². The molecule has 1 aliphatic carbocycles. The number of unbranched alkanes of at least 4 members (excludes halogenated alkanes) is 1. The number of rotatable bonds is 8. The molecule has 6 rings (SSSR count). The molecule has 2 aliphatic rings. The number of nitrogens with one attached hydrogen (secondary N) is 1. The normalized spacial score (nSPS) is 16.3. The Hall–Kier alpha value is -4.26. The molecule has 1 spiro atoms. The van der Waals surface area contributed by atoms with Crippen molar-refractivity contribution < 1.29 is 9.32 Å². The highest BCUT2D eigenvalue weighted by Gasteiger charge is 2.49. The van der Waals surface area contributed by atoms with E-state index in [4.69, 9.17) is 9.52 Å². The van der Waals surface area contributed by atoms with Gasteiger partial charge in [0, 0.05) is 12.0 Å². The Balaban J connectivity index is 1.32. The van der Waals surface area contributed by atoms with E-state index < -0.39 is 11.3 Å². The van der Waals surface area contributed by atoms with Crippen LogP contribution in [0.4, 0.5) is 0 Å². The summed E-state index contributed by atoms with van der Waals surface area (Å²) in [5.74, 6) is 0.915. The van der Waals surface area contributed by atoms with Gasteiger partial charge in [0.15, 0.2) is 5.82 Å². The van der Waals surface area contributed by atoms with Gasteiger partial charge < -0.3 is 0 Å². The van der Waals surface area contributed by atoms with Crippen LogP contribution in [-0.2, 0) is 11.3 Å². The Morgan fingerprint density at radius 1 is 0.897 bits per heavy atom. The smallest absolute Gasteiger partial charge is 0.296 e. The fourth-order valence-electron chi connectivity index (χ4n) is 5.82. The molecule has 1 aliphatic heterocycles. The van der Waals surface area contributed by atoms with Crippen molar-refractivity contribution in [1.82, 2.24) is 15.0 Å². The van der Waals surface area contributed by atoms with Gasteiger partial charge in [-0.15, -0.1) is 0 Å². The fourth-order valence-corrected chi connectivity index (χ4v) is 5.82. The van der Waals surface area contributed by atoms with Crippen molar-refractivity contribution in [1.29, 1.82) is 0 Å². The van der Waals surface area contributed by atoms with Crippen LogP contribution in [0.2, 0.25) is 0 Å². The first kappa shape index (κ1) is 25.0. The van der Waals surface area contributed by atoms with Crippen LogP contribution in [0.5, 0.6) is 0 Å². The quantitative estimate of drug-likeness (QED) is 0.283. The lowest BCUT2D eigenvalue weighted by Crippen LogP contribution is -2.40. The van der Waals surface area contributed by atoms with Crippen LogP contribution in [0, 0.1) is 0 Å². The molecule has 1 saturated carbocycles. The van der Waals surface area contributed by atoms with E-state index in [1.807, 2.05) is 35.2 Å². The van der Waals surface area contributed by atoms with E-state index in [0.29, 0.717) is 12.4 Å². The molecule has 2 heterocycles. The number of aliphatic imine (C=N–C) groups is 1. The predicted molar refractivity (Wildman–Crippen MR) is 152 cm³/mol. The Morgan fingerprint density at radius 2 is 1.64 bits per heavy atom. The zero-order valence-electron chi connectivity index (χ0n) is 22.2. The van der Waals surface area contributed by atoms with Gasteiger partial charge in [-0.05, 0) is 59.2 Å². The van der Waals surface area contributed by atoms with Crippen LogP contribution in [0.3, 0.4) is 0 Å². The lowest BCUT2D eigenvalue weighted by molar-refractivity contribution is -0.131. The summed E-state index contributed by atoms with van der Waals surface area (Å²) in [6, 6.07) is 24.5. The van der Waals surface area contributed by atoms with E-state index in [-0.39, 0.29) is 5.91 Å².